The molecule has 0 bridgehead atoms. The fraction of sp³-hybridized carbons (Fsp3) is 0.727. The normalized spacial score (nSPS) is 25.7. The lowest BCUT2D eigenvalue weighted by Gasteiger charge is -2.11. The number of anilines is 1. The first-order valence-electron chi connectivity index (χ1n) is 5.82. The number of fused-ring (bicyclic) bond motifs is 1. The summed E-state index contributed by atoms with van der Waals surface area (Å²) in [6, 6.07) is 1.09. The van der Waals surface area contributed by atoms with E-state index in [4.69, 9.17) is 10.2 Å². The van der Waals surface area contributed by atoms with Crippen molar-refractivity contribution in [1.82, 2.24) is 4.98 Å². The Morgan fingerprint density at radius 2 is 2.20 bits per heavy atom. The van der Waals surface area contributed by atoms with Gasteiger partial charge in [-0.2, -0.15) is 4.98 Å². The number of hydrogen-bond donors (Lipinski definition) is 1. The van der Waals surface area contributed by atoms with E-state index in [-0.39, 0.29) is 6.04 Å². The highest BCUT2D eigenvalue weighted by atomic mass is 16.4. The summed E-state index contributed by atoms with van der Waals surface area (Å²) in [5.41, 5.74) is 7.05. The van der Waals surface area contributed by atoms with E-state index in [0.29, 0.717) is 0 Å². The van der Waals surface area contributed by atoms with Crippen LogP contribution in [0.3, 0.4) is 0 Å². The molecule has 2 aliphatic rings. The smallest absolute Gasteiger partial charge is 0.297 e. The molecule has 0 radical (unpaired) electrons. The van der Waals surface area contributed by atoms with Gasteiger partial charge in [0.15, 0.2) is 0 Å². The molecule has 1 aliphatic heterocycles. The first-order valence-corrected chi connectivity index (χ1v) is 5.82. The van der Waals surface area contributed by atoms with E-state index in [1.807, 2.05) is 0 Å². The molecular weight excluding hydrogens is 190 g/mol. The molecule has 1 saturated heterocycles. The maximum absolute atomic E-state index is 5.87. The predicted octanol–water partition coefficient (Wildman–Crippen LogP) is 1.09. The third kappa shape index (κ3) is 1.63. The fourth-order valence-electron chi connectivity index (χ4n) is 2.43. The molecule has 1 aliphatic carbocycles. The van der Waals surface area contributed by atoms with Gasteiger partial charge in [0.2, 0.25) is 0 Å². The van der Waals surface area contributed by atoms with Crippen LogP contribution in [0.1, 0.15) is 30.7 Å². The molecule has 0 saturated carbocycles. The van der Waals surface area contributed by atoms with Crippen LogP contribution in [0.5, 0.6) is 0 Å². The lowest BCUT2D eigenvalue weighted by atomic mass is 10.0. The Bertz CT molecular complexity index is 337. The highest BCUT2D eigenvalue weighted by Crippen LogP contribution is 2.27. The molecule has 1 aromatic heterocycles. The highest BCUT2D eigenvalue weighted by molar-refractivity contribution is 5.33. The van der Waals surface area contributed by atoms with Crippen molar-refractivity contribution in [2.75, 3.05) is 18.0 Å². The summed E-state index contributed by atoms with van der Waals surface area (Å²) in [6.45, 7) is 1.87. The van der Waals surface area contributed by atoms with Crippen molar-refractivity contribution >= 4 is 6.01 Å². The maximum atomic E-state index is 5.87. The van der Waals surface area contributed by atoms with Gasteiger partial charge in [0.05, 0.1) is 5.69 Å². The summed E-state index contributed by atoms with van der Waals surface area (Å²) in [5.74, 6) is 1.11. The van der Waals surface area contributed by atoms with Crippen LogP contribution in [0.15, 0.2) is 4.42 Å². The average molecular weight is 207 g/mol. The molecule has 0 aromatic carbocycles. The Kier molecular flexibility index (Phi) is 2.16. The highest BCUT2D eigenvalue weighted by Gasteiger charge is 2.25. The van der Waals surface area contributed by atoms with Crippen LogP contribution >= 0.6 is 0 Å². The maximum Gasteiger partial charge on any atom is 0.297 e. The molecule has 2 heterocycles. The molecule has 1 atom stereocenters. The van der Waals surface area contributed by atoms with Crippen LogP contribution in [0.2, 0.25) is 0 Å². The van der Waals surface area contributed by atoms with Crippen LogP contribution in [0.25, 0.3) is 0 Å². The third-order valence-corrected chi connectivity index (χ3v) is 3.33. The Morgan fingerprint density at radius 1 is 1.33 bits per heavy atom. The van der Waals surface area contributed by atoms with Crippen LogP contribution < -0.4 is 10.6 Å². The van der Waals surface area contributed by atoms with Crippen molar-refractivity contribution in [2.24, 2.45) is 5.73 Å². The van der Waals surface area contributed by atoms with E-state index >= 15 is 0 Å². The zero-order valence-corrected chi connectivity index (χ0v) is 8.91. The number of hydrogen-bond acceptors (Lipinski definition) is 4. The van der Waals surface area contributed by atoms with E-state index in [2.05, 4.69) is 9.88 Å². The van der Waals surface area contributed by atoms with E-state index in [1.165, 1.54) is 18.5 Å². The molecule has 1 unspecified atom stereocenters. The van der Waals surface area contributed by atoms with Crippen LogP contribution in [-0.2, 0) is 12.8 Å². The van der Waals surface area contributed by atoms with Gasteiger partial charge in [-0.1, -0.05) is 0 Å². The summed E-state index contributed by atoms with van der Waals surface area (Å²) in [4.78, 5) is 6.74. The van der Waals surface area contributed by atoms with Gasteiger partial charge in [-0.25, -0.2) is 0 Å². The minimum absolute atomic E-state index is 0.286. The molecule has 2 N–H and O–H groups in total. The van der Waals surface area contributed by atoms with Gasteiger partial charge in [0, 0.05) is 25.6 Å². The molecule has 0 spiro atoms. The van der Waals surface area contributed by atoms with Crippen LogP contribution in [0, 0.1) is 0 Å². The van der Waals surface area contributed by atoms with Crippen molar-refractivity contribution < 1.29 is 4.42 Å². The first kappa shape index (κ1) is 9.21. The summed E-state index contributed by atoms with van der Waals surface area (Å²) in [6.07, 6.45) is 5.67. The zero-order valence-electron chi connectivity index (χ0n) is 8.91. The molecule has 4 nitrogen and oxygen atoms in total. The van der Waals surface area contributed by atoms with E-state index in [1.54, 1.807) is 0 Å². The molecular formula is C11H17N3O. The standard InChI is InChI=1S/C11H17N3O/c12-8-5-6-14(7-8)11-13-9-3-1-2-4-10(9)15-11/h8H,1-7,12H2. The number of oxazole rings is 1. The molecule has 4 heteroatoms. The van der Waals surface area contributed by atoms with Gasteiger partial charge in [0.1, 0.15) is 5.76 Å². The fourth-order valence-corrected chi connectivity index (χ4v) is 2.43. The SMILES string of the molecule is NC1CCN(c2nc3c(o2)CCCC3)C1. The Morgan fingerprint density at radius 3 is 2.93 bits per heavy atom. The Balaban J connectivity index is 1.83. The minimum atomic E-state index is 0.286. The first-order chi connectivity index (χ1) is 7.33. The zero-order chi connectivity index (χ0) is 10.3. The number of nitrogens with zero attached hydrogens (tertiary/aromatic N) is 2. The van der Waals surface area contributed by atoms with Crippen molar-refractivity contribution in [3.63, 3.8) is 0 Å². The monoisotopic (exact) mass is 207 g/mol. The van der Waals surface area contributed by atoms with Gasteiger partial charge in [0.25, 0.3) is 6.01 Å². The number of aromatic nitrogens is 1. The quantitative estimate of drug-likeness (QED) is 0.749. The van der Waals surface area contributed by atoms with E-state index in [9.17, 15) is 0 Å². The lowest BCUT2D eigenvalue weighted by Crippen LogP contribution is -2.26. The topological polar surface area (TPSA) is 55.3 Å². The second kappa shape index (κ2) is 3.52. The summed E-state index contributed by atoms with van der Waals surface area (Å²) in [7, 11) is 0. The van der Waals surface area contributed by atoms with Crippen LogP contribution in [0.4, 0.5) is 6.01 Å². The average Bonchev–Trinajstić information content (AvgIpc) is 2.82. The van der Waals surface area contributed by atoms with Crippen molar-refractivity contribution in [3.8, 4) is 0 Å². The summed E-state index contributed by atoms with van der Waals surface area (Å²) < 4.78 is 5.80. The van der Waals surface area contributed by atoms with Gasteiger partial charge in [-0.15, -0.1) is 0 Å². The molecule has 82 valence electrons. The van der Waals surface area contributed by atoms with Gasteiger partial charge >= 0.3 is 0 Å². The number of nitrogens with two attached hydrogens (primary N) is 1. The van der Waals surface area contributed by atoms with E-state index in [0.717, 1.165) is 44.1 Å². The van der Waals surface area contributed by atoms with Crippen molar-refractivity contribution in [2.45, 2.75) is 38.1 Å². The van der Waals surface area contributed by atoms with Crippen molar-refractivity contribution in [1.29, 1.82) is 0 Å². The number of aryl methyl sites for hydroxylation is 2. The predicted molar refractivity (Wildman–Crippen MR) is 58.0 cm³/mol. The van der Waals surface area contributed by atoms with Crippen LogP contribution in [-0.4, -0.2) is 24.1 Å². The van der Waals surface area contributed by atoms with Crippen molar-refractivity contribution in [3.05, 3.63) is 11.5 Å². The molecule has 3 rings (SSSR count). The number of rotatable bonds is 1. The third-order valence-electron chi connectivity index (χ3n) is 3.33. The second-order valence-corrected chi connectivity index (χ2v) is 4.57. The van der Waals surface area contributed by atoms with Gasteiger partial charge < -0.3 is 15.1 Å². The molecule has 1 aromatic rings. The van der Waals surface area contributed by atoms with E-state index < -0.39 is 0 Å². The molecule has 15 heavy (non-hydrogen) atoms. The second-order valence-electron chi connectivity index (χ2n) is 4.57. The summed E-state index contributed by atoms with van der Waals surface area (Å²) in [5, 5.41) is 0. The Labute approximate surface area is 89.5 Å². The minimum Gasteiger partial charge on any atom is -0.428 e. The Hall–Kier alpha value is -1.03. The van der Waals surface area contributed by atoms with Gasteiger partial charge in [-0.05, 0) is 25.7 Å². The molecule has 0 amide bonds. The largest absolute Gasteiger partial charge is 0.428 e. The lowest BCUT2D eigenvalue weighted by molar-refractivity contribution is 0.474. The summed E-state index contributed by atoms with van der Waals surface area (Å²) >= 11 is 0. The molecule has 1 fully saturated rings. The van der Waals surface area contributed by atoms with Gasteiger partial charge in [-0.3, -0.25) is 0 Å².